The van der Waals surface area contributed by atoms with E-state index in [1.165, 1.54) is 30.3 Å². The van der Waals surface area contributed by atoms with Gasteiger partial charge in [-0.05, 0) is 42.8 Å². The average molecular weight is 421 g/mol. The number of rotatable bonds is 5. The summed E-state index contributed by atoms with van der Waals surface area (Å²) in [5.41, 5.74) is 1.83. The monoisotopic (exact) mass is 421 g/mol. The Morgan fingerprint density at radius 1 is 1.00 bits per heavy atom. The lowest BCUT2D eigenvalue weighted by atomic mass is 9.90. The van der Waals surface area contributed by atoms with Crippen molar-refractivity contribution in [3.63, 3.8) is 0 Å². The van der Waals surface area contributed by atoms with Crippen LogP contribution in [-0.2, 0) is 10.0 Å². The van der Waals surface area contributed by atoms with Crippen LogP contribution in [0.1, 0.15) is 27.4 Å². The fourth-order valence-corrected chi connectivity index (χ4v) is 5.54. The Labute approximate surface area is 175 Å². The number of carbonyl (C=O) groups excluding carboxylic acids is 1. The number of anilines is 1. The summed E-state index contributed by atoms with van der Waals surface area (Å²) in [6, 6.07) is 17.8. The highest BCUT2D eigenvalue weighted by molar-refractivity contribution is 7.93. The predicted molar refractivity (Wildman–Crippen MR) is 115 cm³/mol. The molecule has 2 atom stereocenters. The second-order valence-corrected chi connectivity index (χ2v) is 9.04. The molecular weight excluding hydrogens is 401 g/mol. The molecule has 3 aromatic rings. The highest BCUT2D eigenvalue weighted by Gasteiger charge is 2.47. The zero-order valence-corrected chi connectivity index (χ0v) is 17.1. The van der Waals surface area contributed by atoms with Gasteiger partial charge in [-0.3, -0.25) is 9.10 Å². The van der Waals surface area contributed by atoms with Crippen molar-refractivity contribution in [2.45, 2.75) is 23.8 Å². The van der Waals surface area contributed by atoms with E-state index in [1.54, 1.807) is 48.5 Å². The number of carbonyl (C=O) groups is 1. The maximum absolute atomic E-state index is 14.4. The molecule has 4 nitrogen and oxygen atoms in total. The number of fused-ring (bicyclic) bond motifs is 1. The zero-order valence-electron chi connectivity index (χ0n) is 16.3. The van der Waals surface area contributed by atoms with E-state index in [-0.39, 0.29) is 10.5 Å². The van der Waals surface area contributed by atoms with Crippen molar-refractivity contribution in [3.05, 3.63) is 108 Å². The largest absolute Gasteiger partial charge is 0.292 e. The maximum Gasteiger partial charge on any atom is 0.265 e. The summed E-state index contributed by atoms with van der Waals surface area (Å²) in [7, 11) is -4.08. The first kappa shape index (κ1) is 20.0. The van der Waals surface area contributed by atoms with Crippen molar-refractivity contribution in [2.75, 3.05) is 4.31 Å². The lowest BCUT2D eigenvalue weighted by Crippen LogP contribution is -2.44. The first-order chi connectivity index (χ1) is 14.4. The van der Waals surface area contributed by atoms with Gasteiger partial charge in [0.2, 0.25) is 0 Å². The molecule has 0 amide bonds. The average Bonchev–Trinajstić information content (AvgIpc) is 3.09. The van der Waals surface area contributed by atoms with Crippen molar-refractivity contribution < 1.29 is 17.6 Å². The van der Waals surface area contributed by atoms with E-state index in [9.17, 15) is 17.6 Å². The van der Waals surface area contributed by atoms with E-state index < -0.39 is 33.6 Å². The molecule has 0 N–H and O–H groups in total. The van der Waals surface area contributed by atoms with E-state index in [0.717, 1.165) is 9.87 Å². The molecule has 3 aromatic carbocycles. The van der Waals surface area contributed by atoms with Gasteiger partial charge in [-0.15, -0.1) is 6.58 Å². The molecule has 6 heteroatoms. The van der Waals surface area contributed by atoms with Gasteiger partial charge in [-0.2, -0.15) is 0 Å². The minimum absolute atomic E-state index is 0.0685. The number of aryl methyl sites for hydroxylation is 1. The van der Waals surface area contributed by atoms with Crippen LogP contribution < -0.4 is 4.31 Å². The Bertz CT molecular complexity index is 1240. The molecule has 1 heterocycles. The van der Waals surface area contributed by atoms with Gasteiger partial charge in [0, 0.05) is 5.92 Å². The number of hydrogen-bond acceptors (Lipinski definition) is 3. The van der Waals surface area contributed by atoms with Crippen LogP contribution >= 0.6 is 0 Å². The lowest BCUT2D eigenvalue weighted by molar-refractivity contribution is 0.0957. The number of halogens is 1. The second kappa shape index (κ2) is 7.54. The summed E-state index contributed by atoms with van der Waals surface area (Å²) in [4.78, 5) is 13.5. The van der Waals surface area contributed by atoms with E-state index in [2.05, 4.69) is 6.58 Å². The minimum Gasteiger partial charge on any atom is -0.292 e. The number of Topliss-reactive ketones (excluding diaryl/α,β-unsaturated/α-hetero) is 1. The summed E-state index contributed by atoms with van der Waals surface area (Å²) in [5, 5.41) is 0. The third-order valence-electron chi connectivity index (χ3n) is 5.37. The molecule has 0 radical (unpaired) electrons. The number of nitrogens with zero attached hydrogens (tertiary/aromatic N) is 1. The molecule has 4 rings (SSSR count). The molecule has 152 valence electrons. The molecule has 0 saturated heterocycles. The van der Waals surface area contributed by atoms with Crippen LogP contribution in [0.5, 0.6) is 0 Å². The second-order valence-electron chi connectivity index (χ2n) is 7.22. The third-order valence-corrected chi connectivity index (χ3v) is 7.18. The molecule has 0 spiro atoms. The Morgan fingerprint density at radius 3 is 2.30 bits per heavy atom. The standard InChI is InChI=1S/C24H20FNO3S/c1-3-18-19-8-5-7-11-22(19)26(30(28,29)17-14-12-16(2)13-15-17)23(18)24(27)20-9-4-6-10-21(20)25/h3-15,18,23H,1H2,2H3. The number of hydrogen-bond donors (Lipinski definition) is 0. The normalized spacial score (nSPS) is 18.1. The first-order valence-electron chi connectivity index (χ1n) is 9.47. The Kier molecular flexibility index (Phi) is 5.03. The Morgan fingerprint density at radius 2 is 1.63 bits per heavy atom. The third kappa shape index (κ3) is 3.13. The quantitative estimate of drug-likeness (QED) is 0.437. The summed E-state index contributed by atoms with van der Waals surface area (Å²) < 4.78 is 42.8. The smallest absolute Gasteiger partial charge is 0.265 e. The van der Waals surface area contributed by atoms with Crippen LogP contribution in [-0.4, -0.2) is 20.2 Å². The summed E-state index contributed by atoms with van der Waals surface area (Å²) in [6.07, 6.45) is 1.55. The van der Waals surface area contributed by atoms with Crippen LogP contribution in [0.4, 0.5) is 10.1 Å². The summed E-state index contributed by atoms with van der Waals surface area (Å²) >= 11 is 0. The van der Waals surface area contributed by atoms with Crippen LogP contribution in [0.15, 0.2) is 90.3 Å². The van der Waals surface area contributed by atoms with Gasteiger partial charge >= 0.3 is 0 Å². The molecule has 1 aliphatic heterocycles. The van der Waals surface area contributed by atoms with Gasteiger partial charge in [-0.25, -0.2) is 12.8 Å². The molecule has 0 aromatic heterocycles. The number of benzene rings is 3. The molecule has 0 fully saturated rings. The van der Waals surface area contributed by atoms with Crippen LogP contribution in [0.25, 0.3) is 0 Å². The van der Waals surface area contributed by atoms with Gasteiger partial charge < -0.3 is 0 Å². The fraction of sp³-hybridized carbons (Fsp3) is 0.125. The Hall–Kier alpha value is -3.25. The Balaban J connectivity index is 1.93. The zero-order chi connectivity index (χ0) is 21.5. The van der Waals surface area contributed by atoms with Gasteiger partial charge in [0.05, 0.1) is 16.1 Å². The van der Waals surface area contributed by atoms with Crippen LogP contribution in [0, 0.1) is 12.7 Å². The lowest BCUT2D eigenvalue weighted by Gasteiger charge is -2.28. The predicted octanol–water partition coefficient (Wildman–Crippen LogP) is 4.86. The molecule has 2 unspecified atom stereocenters. The van der Waals surface area contributed by atoms with Gasteiger partial charge in [-0.1, -0.05) is 54.1 Å². The molecule has 1 aliphatic rings. The van der Waals surface area contributed by atoms with E-state index in [4.69, 9.17) is 0 Å². The molecule has 0 aliphatic carbocycles. The minimum atomic E-state index is -4.08. The summed E-state index contributed by atoms with van der Waals surface area (Å²) in [5.74, 6) is -1.90. The fourth-order valence-electron chi connectivity index (χ4n) is 3.88. The van der Waals surface area contributed by atoms with Crippen molar-refractivity contribution in [2.24, 2.45) is 0 Å². The first-order valence-corrected chi connectivity index (χ1v) is 10.9. The molecule has 0 saturated carbocycles. The molecule has 30 heavy (non-hydrogen) atoms. The number of sulfonamides is 1. The van der Waals surface area contributed by atoms with Crippen molar-refractivity contribution in [3.8, 4) is 0 Å². The number of ketones is 1. The van der Waals surface area contributed by atoms with Gasteiger partial charge in [0.1, 0.15) is 11.9 Å². The highest BCUT2D eigenvalue weighted by atomic mass is 32.2. The van der Waals surface area contributed by atoms with E-state index in [1.807, 2.05) is 6.92 Å². The topological polar surface area (TPSA) is 54.5 Å². The van der Waals surface area contributed by atoms with Crippen LogP contribution in [0.2, 0.25) is 0 Å². The van der Waals surface area contributed by atoms with Crippen molar-refractivity contribution in [1.82, 2.24) is 0 Å². The van der Waals surface area contributed by atoms with Gasteiger partial charge in [0.25, 0.3) is 10.0 Å². The number of para-hydroxylation sites is 1. The van der Waals surface area contributed by atoms with Crippen LogP contribution in [0.3, 0.4) is 0 Å². The van der Waals surface area contributed by atoms with Crippen molar-refractivity contribution in [1.29, 1.82) is 0 Å². The highest BCUT2D eigenvalue weighted by Crippen LogP contribution is 2.45. The van der Waals surface area contributed by atoms with Gasteiger partial charge in [0.15, 0.2) is 5.78 Å². The molecule has 0 bridgehead atoms. The van der Waals surface area contributed by atoms with E-state index >= 15 is 0 Å². The molecular formula is C24H20FNO3S. The van der Waals surface area contributed by atoms with E-state index in [0.29, 0.717) is 11.3 Å². The SMILES string of the molecule is C=CC1c2ccccc2N(S(=O)(=O)c2ccc(C)cc2)C1C(=O)c1ccccc1F. The van der Waals surface area contributed by atoms with Crippen molar-refractivity contribution >= 4 is 21.5 Å². The maximum atomic E-state index is 14.4. The summed E-state index contributed by atoms with van der Waals surface area (Å²) in [6.45, 7) is 5.68.